The first-order chi connectivity index (χ1) is 19.7. The highest BCUT2D eigenvalue weighted by Gasteiger charge is 2.37. The molecule has 3 N–H and O–H groups in total. The predicted octanol–water partition coefficient (Wildman–Crippen LogP) is 2.73. The Morgan fingerprint density at radius 1 is 0.833 bits per heavy atom. The van der Waals surface area contributed by atoms with E-state index in [9.17, 15) is 29.1 Å². The van der Waals surface area contributed by atoms with Crippen LogP contribution in [-0.2, 0) is 39.9 Å². The highest BCUT2D eigenvalue weighted by molar-refractivity contribution is 5.92. The van der Waals surface area contributed by atoms with Gasteiger partial charge in [0.1, 0.15) is 17.8 Å². The number of phenolic OH excluding ortho intramolecular Hbond substituents is 1. The Morgan fingerprint density at radius 2 is 1.40 bits per heavy atom. The molecule has 0 aliphatic carbocycles. The van der Waals surface area contributed by atoms with Crippen LogP contribution < -0.4 is 10.6 Å². The molecule has 3 amide bonds. The minimum absolute atomic E-state index is 0.000135. The summed E-state index contributed by atoms with van der Waals surface area (Å²) in [6, 6.07) is 4.21. The van der Waals surface area contributed by atoms with E-state index in [0.717, 1.165) is 0 Å². The first-order valence-corrected chi connectivity index (χ1v) is 14.7. The zero-order valence-corrected chi connectivity index (χ0v) is 25.8. The maximum atomic E-state index is 13.8. The Hall–Kier alpha value is -3.63. The molecule has 0 bridgehead atoms. The fourth-order valence-electron chi connectivity index (χ4n) is 4.70. The number of phenols is 1. The van der Waals surface area contributed by atoms with E-state index >= 15 is 0 Å². The zero-order chi connectivity index (χ0) is 31.6. The molecule has 0 radical (unpaired) electrons. The molecule has 0 aromatic heterocycles. The van der Waals surface area contributed by atoms with E-state index in [2.05, 4.69) is 10.6 Å². The van der Waals surface area contributed by atoms with E-state index in [-0.39, 0.29) is 62.2 Å². The zero-order valence-electron chi connectivity index (χ0n) is 25.8. The Labute approximate surface area is 248 Å². The molecule has 11 nitrogen and oxygen atoms in total. The third kappa shape index (κ3) is 11.0. The fourth-order valence-corrected chi connectivity index (χ4v) is 4.70. The summed E-state index contributed by atoms with van der Waals surface area (Å²) >= 11 is 0. The number of amides is 3. The lowest BCUT2D eigenvalue weighted by Crippen LogP contribution is -2.54. The van der Waals surface area contributed by atoms with Crippen LogP contribution in [0.1, 0.15) is 72.8 Å². The van der Waals surface area contributed by atoms with Gasteiger partial charge in [-0.05, 0) is 54.7 Å². The van der Waals surface area contributed by atoms with Gasteiger partial charge in [-0.15, -0.1) is 0 Å². The number of carbonyl (C=O) groups is 5. The number of hydrogen-bond donors (Lipinski definition) is 3. The van der Waals surface area contributed by atoms with Crippen LogP contribution in [0.5, 0.6) is 5.75 Å². The molecule has 0 spiro atoms. The van der Waals surface area contributed by atoms with Gasteiger partial charge in [-0.2, -0.15) is 0 Å². The summed E-state index contributed by atoms with van der Waals surface area (Å²) in [4.78, 5) is 67.8. The van der Waals surface area contributed by atoms with Crippen molar-refractivity contribution in [2.45, 2.75) is 97.9 Å². The van der Waals surface area contributed by atoms with Gasteiger partial charge in [-0.25, -0.2) is 4.79 Å². The number of rotatable bonds is 8. The second kappa shape index (κ2) is 16.1. The topological polar surface area (TPSA) is 151 Å². The molecule has 1 aliphatic heterocycles. The Kier molecular flexibility index (Phi) is 13.3. The Bertz CT molecular complexity index is 1090. The molecule has 1 fully saturated rings. The lowest BCUT2D eigenvalue weighted by Gasteiger charge is -2.32. The number of cyclic esters (lactones) is 2. The highest BCUT2D eigenvalue weighted by atomic mass is 16.6. The molecule has 1 aromatic carbocycles. The number of aromatic hydroxyl groups is 1. The minimum atomic E-state index is -1.19. The maximum Gasteiger partial charge on any atom is 0.329 e. The van der Waals surface area contributed by atoms with Crippen molar-refractivity contribution in [3.63, 3.8) is 0 Å². The third-order valence-electron chi connectivity index (χ3n) is 6.89. The molecule has 0 saturated carbocycles. The first kappa shape index (κ1) is 34.6. The van der Waals surface area contributed by atoms with Crippen molar-refractivity contribution in [3.05, 3.63) is 29.8 Å². The Balaban J connectivity index is 2.50. The summed E-state index contributed by atoms with van der Waals surface area (Å²) in [5.74, 6) is -3.09. The molecule has 1 heterocycles. The number of ether oxygens (including phenoxy) is 2. The summed E-state index contributed by atoms with van der Waals surface area (Å²) in [5, 5.41) is 15.1. The quantitative estimate of drug-likeness (QED) is 0.392. The van der Waals surface area contributed by atoms with Crippen LogP contribution in [0.3, 0.4) is 0 Å². The lowest BCUT2D eigenvalue weighted by atomic mass is 10.00. The summed E-state index contributed by atoms with van der Waals surface area (Å²) < 4.78 is 11.3. The van der Waals surface area contributed by atoms with E-state index in [1.54, 1.807) is 12.1 Å². The Morgan fingerprint density at radius 3 is 1.98 bits per heavy atom. The number of nitrogens with zero attached hydrogens (tertiary/aromatic N) is 1. The van der Waals surface area contributed by atoms with Crippen molar-refractivity contribution >= 4 is 29.7 Å². The summed E-state index contributed by atoms with van der Waals surface area (Å²) in [5.41, 5.74) is 0.690. The molecule has 1 aromatic rings. The number of esters is 2. The van der Waals surface area contributed by atoms with Gasteiger partial charge in [0.25, 0.3) is 11.8 Å². The van der Waals surface area contributed by atoms with Gasteiger partial charge < -0.3 is 30.1 Å². The van der Waals surface area contributed by atoms with Gasteiger partial charge >= 0.3 is 11.9 Å². The smallest absolute Gasteiger partial charge is 0.329 e. The lowest BCUT2D eigenvalue weighted by molar-refractivity contribution is -0.166. The molecular weight excluding hydrogens is 542 g/mol. The van der Waals surface area contributed by atoms with Crippen molar-refractivity contribution < 1.29 is 38.6 Å². The van der Waals surface area contributed by atoms with Gasteiger partial charge in [-0.1, -0.05) is 53.7 Å². The number of nitrogens with one attached hydrogen (secondary N) is 2. The number of benzene rings is 1. The van der Waals surface area contributed by atoms with Crippen LogP contribution in [0, 0.1) is 17.8 Å². The number of carbonyl (C=O) groups excluding carboxylic acids is 5. The summed E-state index contributed by atoms with van der Waals surface area (Å²) in [6.45, 7) is 11.3. The normalized spacial score (nSPS) is 23.6. The molecule has 2 rings (SSSR count). The van der Waals surface area contributed by atoms with Crippen LogP contribution in [0.4, 0.5) is 0 Å². The minimum Gasteiger partial charge on any atom is -0.508 e. The highest BCUT2D eigenvalue weighted by Crippen LogP contribution is 2.19. The van der Waals surface area contributed by atoms with Crippen molar-refractivity contribution in [2.75, 3.05) is 13.6 Å². The molecule has 1 aliphatic rings. The van der Waals surface area contributed by atoms with Gasteiger partial charge in [0, 0.05) is 20.0 Å². The number of hydrogen-bond acceptors (Lipinski definition) is 8. The summed E-state index contributed by atoms with van der Waals surface area (Å²) in [7, 11) is 1.47. The van der Waals surface area contributed by atoms with Gasteiger partial charge in [0.15, 0.2) is 12.2 Å². The predicted molar refractivity (Wildman–Crippen MR) is 156 cm³/mol. The largest absolute Gasteiger partial charge is 0.508 e. The van der Waals surface area contributed by atoms with Gasteiger partial charge in [0.2, 0.25) is 5.91 Å². The molecule has 1 saturated heterocycles. The van der Waals surface area contributed by atoms with Crippen LogP contribution in [0.15, 0.2) is 24.3 Å². The van der Waals surface area contributed by atoms with E-state index in [1.165, 1.54) is 24.1 Å². The number of likely N-dealkylation sites (N-methyl/N-ethyl adjacent to an activating group) is 1. The average molecular weight is 590 g/mol. The monoisotopic (exact) mass is 589 g/mol. The third-order valence-corrected chi connectivity index (χ3v) is 6.89. The van der Waals surface area contributed by atoms with E-state index < -0.39 is 54.0 Å². The van der Waals surface area contributed by atoms with E-state index in [1.807, 2.05) is 41.5 Å². The molecule has 42 heavy (non-hydrogen) atoms. The molecular formula is C31H47N3O8. The van der Waals surface area contributed by atoms with Crippen molar-refractivity contribution in [1.29, 1.82) is 0 Å². The van der Waals surface area contributed by atoms with Gasteiger partial charge in [-0.3, -0.25) is 19.2 Å². The molecule has 234 valence electrons. The second-order valence-corrected chi connectivity index (χ2v) is 12.2. The van der Waals surface area contributed by atoms with Crippen molar-refractivity contribution in [3.8, 4) is 5.75 Å². The standard InChI is InChI=1S/C31H47N3O8/c1-18(2)14-23-31(40)42-26(16-20(5)6)30(39)34(7)24(17-21-8-10-22(35)11-9-21)28(37)32-13-12-27(36)41-25(15-19(3)4)29(38)33-23/h8-11,18-20,23-26,35H,12-17H2,1-7H3,(H,32,37)(H,33,38)/t23-,24-,25+,26-/m0/s1. The van der Waals surface area contributed by atoms with E-state index in [4.69, 9.17) is 9.47 Å². The van der Waals surface area contributed by atoms with Crippen LogP contribution in [-0.4, -0.2) is 77.6 Å². The molecule has 4 atom stereocenters. The molecule has 0 unspecified atom stereocenters. The SMILES string of the molecule is CC(C)C[C@@H]1NC(=O)[C@@H](CC(C)C)OC(=O)CCNC(=O)[C@H](Cc2ccc(O)cc2)N(C)C(=O)[C@H](CC(C)C)OC1=O. The average Bonchev–Trinajstić information content (AvgIpc) is 2.89. The van der Waals surface area contributed by atoms with Crippen LogP contribution in [0.25, 0.3) is 0 Å². The second-order valence-electron chi connectivity index (χ2n) is 12.2. The van der Waals surface area contributed by atoms with Crippen LogP contribution >= 0.6 is 0 Å². The maximum absolute atomic E-state index is 13.8. The fraction of sp³-hybridized carbons (Fsp3) is 0.645. The first-order valence-electron chi connectivity index (χ1n) is 14.7. The van der Waals surface area contributed by atoms with Crippen molar-refractivity contribution in [2.24, 2.45) is 17.8 Å². The van der Waals surface area contributed by atoms with E-state index in [0.29, 0.717) is 5.56 Å². The van der Waals surface area contributed by atoms with Gasteiger partial charge in [0.05, 0.1) is 6.42 Å². The van der Waals surface area contributed by atoms with Crippen molar-refractivity contribution in [1.82, 2.24) is 15.5 Å². The summed E-state index contributed by atoms with van der Waals surface area (Å²) in [6.07, 6.45) is -1.71. The molecule has 11 heteroatoms. The van der Waals surface area contributed by atoms with Crippen LogP contribution in [0.2, 0.25) is 0 Å².